The van der Waals surface area contributed by atoms with E-state index in [2.05, 4.69) is 5.32 Å². The summed E-state index contributed by atoms with van der Waals surface area (Å²) in [5, 5.41) is 14.9. The standard InChI is InChI=1S/C32H30N2O6/c1-20-29(32(36)40-16-15-21-7-4-3-5-8-21)30(23-9-6-10-25(17-23)34(37)38)31-27(33-20)18-24(19-28(31)35)22-11-13-26(39-2)14-12-22/h3-14,17,24,30,33H,15-16,18-19H2,1-2H3/t24-,30+/m1/s1. The number of esters is 1. The normalized spacial score (nSPS) is 18.6. The molecule has 5 rings (SSSR count). The molecule has 1 aliphatic heterocycles. The fourth-order valence-corrected chi connectivity index (χ4v) is 5.56. The van der Waals surface area contributed by atoms with Crippen molar-refractivity contribution in [2.45, 2.75) is 38.0 Å². The number of carbonyl (C=O) groups excluding carboxylic acids is 2. The Balaban J connectivity index is 1.49. The van der Waals surface area contributed by atoms with Crippen LogP contribution in [0.15, 0.2) is 101 Å². The quantitative estimate of drug-likeness (QED) is 0.221. The number of nitro groups is 1. The molecule has 0 amide bonds. The maximum atomic E-state index is 13.8. The maximum absolute atomic E-state index is 13.8. The number of ketones is 1. The zero-order valence-electron chi connectivity index (χ0n) is 22.4. The van der Waals surface area contributed by atoms with Crippen molar-refractivity contribution in [3.05, 3.63) is 128 Å². The molecule has 40 heavy (non-hydrogen) atoms. The summed E-state index contributed by atoms with van der Waals surface area (Å²) in [4.78, 5) is 38.4. The molecule has 204 valence electrons. The van der Waals surface area contributed by atoms with Gasteiger partial charge in [-0.2, -0.15) is 0 Å². The molecule has 8 nitrogen and oxygen atoms in total. The van der Waals surface area contributed by atoms with Crippen LogP contribution in [0, 0.1) is 10.1 Å². The van der Waals surface area contributed by atoms with Crippen LogP contribution >= 0.6 is 0 Å². The monoisotopic (exact) mass is 538 g/mol. The second-order valence-corrected chi connectivity index (χ2v) is 10.0. The molecule has 3 aromatic rings. The van der Waals surface area contributed by atoms with Gasteiger partial charge in [0.2, 0.25) is 0 Å². The number of nitrogens with one attached hydrogen (secondary N) is 1. The molecule has 2 atom stereocenters. The lowest BCUT2D eigenvalue weighted by atomic mass is 9.71. The summed E-state index contributed by atoms with van der Waals surface area (Å²) < 4.78 is 11.0. The van der Waals surface area contributed by atoms with Gasteiger partial charge in [-0.1, -0.05) is 54.6 Å². The van der Waals surface area contributed by atoms with Gasteiger partial charge in [-0.25, -0.2) is 4.79 Å². The van der Waals surface area contributed by atoms with E-state index in [0.29, 0.717) is 35.2 Å². The van der Waals surface area contributed by atoms with Crippen LogP contribution in [0.1, 0.15) is 48.3 Å². The number of allylic oxidation sites excluding steroid dienone is 3. The zero-order valence-corrected chi connectivity index (χ0v) is 22.4. The molecule has 0 saturated carbocycles. The molecule has 0 aromatic heterocycles. The first-order valence-corrected chi connectivity index (χ1v) is 13.2. The molecule has 0 bridgehead atoms. The second-order valence-electron chi connectivity index (χ2n) is 10.0. The molecule has 1 heterocycles. The zero-order chi connectivity index (χ0) is 28.2. The van der Waals surface area contributed by atoms with Gasteiger partial charge in [0.15, 0.2) is 5.78 Å². The molecule has 3 aromatic carbocycles. The number of methoxy groups -OCH3 is 1. The van der Waals surface area contributed by atoms with Crippen molar-refractivity contribution in [1.29, 1.82) is 0 Å². The number of ether oxygens (including phenoxy) is 2. The highest BCUT2D eigenvalue weighted by Gasteiger charge is 2.41. The molecule has 8 heteroatoms. The lowest BCUT2D eigenvalue weighted by Crippen LogP contribution is -2.36. The first kappa shape index (κ1) is 26.9. The Bertz CT molecular complexity index is 1510. The van der Waals surface area contributed by atoms with Crippen molar-refractivity contribution in [2.24, 2.45) is 0 Å². The fraction of sp³-hybridized carbons (Fsp3) is 0.250. The van der Waals surface area contributed by atoms with E-state index in [4.69, 9.17) is 9.47 Å². The Morgan fingerprint density at radius 2 is 1.75 bits per heavy atom. The number of hydrogen-bond donors (Lipinski definition) is 1. The summed E-state index contributed by atoms with van der Waals surface area (Å²) in [6, 6.07) is 23.5. The number of benzene rings is 3. The highest BCUT2D eigenvalue weighted by atomic mass is 16.6. The average molecular weight is 539 g/mol. The van der Waals surface area contributed by atoms with E-state index in [-0.39, 0.29) is 30.4 Å². The largest absolute Gasteiger partial charge is 0.497 e. The van der Waals surface area contributed by atoms with Gasteiger partial charge in [-0.3, -0.25) is 14.9 Å². The number of nitrogens with zero attached hydrogens (tertiary/aromatic N) is 1. The molecule has 1 aliphatic carbocycles. The number of nitro benzene ring substituents is 1. The van der Waals surface area contributed by atoms with Crippen LogP contribution in [0.5, 0.6) is 5.75 Å². The Hall–Kier alpha value is -4.72. The summed E-state index contributed by atoms with van der Waals surface area (Å²) in [6.07, 6.45) is 1.37. The smallest absolute Gasteiger partial charge is 0.336 e. The minimum Gasteiger partial charge on any atom is -0.497 e. The molecule has 0 radical (unpaired) electrons. The Kier molecular flexibility index (Phi) is 7.77. The Morgan fingerprint density at radius 1 is 1.00 bits per heavy atom. The number of dihydropyridines is 1. The van der Waals surface area contributed by atoms with E-state index in [0.717, 1.165) is 22.6 Å². The summed E-state index contributed by atoms with van der Waals surface area (Å²) in [7, 11) is 1.61. The summed E-state index contributed by atoms with van der Waals surface area (Å²) in [5.74, 6) is -0.740. The van der Waals surface area contributed by atoms with Gasteiger partial charge in [0.05, 0.1) is 24.2 Å². The summed E-state index contributed by atoms with van der Waals surface area (Å²) in [5.41, 5.74) is 4.52. The van der Waals surface area contributed by atoms with E-state index in [9.17, 15) is 19.7 Å². The number of non-ortho nitro benzene ring substituents is 1. The third kappa shape index (κ3) is 5.52. The molecule has 0 unspecified atom stereocenters. The molecular weight excluding hydrogens is 508 g/mol. The van der Waals surface area contributed by atoms with Crippen molar-refractivity contribution >= 4 is 17.4 Å². The molecule has 1 N–H and O–H groups in total. The topological polar surface area (TPSA) is 108 Å². The van der Waals surface area contributed by atoms with Crippen molar-refractivity contribution < 1.29 is 24.0 Å². The van der Waals surface area contributed by atoms with Crippen molar-refractivity contribution in [3.63, 3.8) is 0 Å². The van der Waals surface area contributed by atoms with Crippen LogP contribution in [0.4, 0.5) is 5.69 Å². The van der Waals surface area contributed by atoms with Gasteiger partial charge in [0, 0.05) is 47.9 Å². The van der Waals surface area contributed by atoms with Gasteiger partial charge in [0.1, 0.15) is 5.75 Å². The van der Waals surface area contributed by atoms with Crippen molar-refractivity contribution in [1.82, 2.24) is 5.32 Å². The predicted molar refractivity (Wildman–Crippen MR) is 150 cm³/mol. The van der Waals surface area contributed by atoms with Gasteiger partial charge in [0.25, 0.3) is 5.69 Å². The van der Waals surface area contributed by atoms with Gasteiger partial charge in [-0.05, 0) is 48.1 Å². The summed E-state index contributed by atoms with van der Waals surface area (Å²) >= 11 is 0. The molecular formula is C32H30N2O6. The van der Waals surface area contributed by atoms with E-state index >= 15 is 0 Å². The van der Waals surface area contributed by atoms with E-state index < -0.39 is 16.8 Å². The minimum atomic E-state index is -0.773. The van der Waals surface area contributed by atoms with Crippen LogP contribution in [-0.4, -0.2) is 30.4 Å². The van der Waals surface area contributed by atoms with Crippen LogP contribution in [0.25, 0.3) is 0 Å². The average Bonchev–Trinajstić information content (AvgIpc) is 2.97. The van der Waals surface area contributed by atoms with E-state index in [1.165, 1.54) is 12.1 Å². The van der Waals surface area contributed by atoms with E-state index in [1.54, 1.807) is 26.2 Å². The first-order valence-electron chi connectivity index (χ1n) is 13.2. The Labute approximate surface area is 232 Å². The third-order valence-corrected chi connectivity index (χ3v) is 7.52. The van der Waals surface area contributed by atoms with Gasteiger partial charge in [-0.15, -0.1) is 0 Å². The van der Waals surface area contributed by atoms with Crippen LogP contribution in [0.2, 0.25) is 0 Å². The first-order chi connectivity index (χ1) is 19.4. The predicted octanol–water partition coefficient (Wildman–Crippen LogP) is 5.75. The van der Waals surface area contributed by atoms with Crippen molar-refractivity contribution in [2.75, 3.05) is 13.7 Å². The second kappa shape index (κ2) is 11.6. The number of rotatable bonds is 8. The number of hydrogen-bond acceptors (Lipinski definition) is 7. The minimum absolute atomic E-state index is 0.0532. The van der Waals surface area contributed by atoms with E-state index in [1.807, 2.05) is 54.6 Å². The molecule has 0 spiro atoms. The van der Waals surface area contributed by atoms with Crippen LogP contribution in [-0.2, 0) is 20.7 Å². The number of carbonyl (C=O) groups is 2. The summed E-state index contributed by atoms with van der Waals surface area (Å²) in [6.45, 7) is 1.95. The lowest BCUT2D eigenvalue weighted by molar-refractivity contribution is -0.384. The SMILES string of the molecule is COc1ccc([C@H]2CC(=O)C3=C(C2)NC(C)=C(C(=O)OCCc2ccccc2)[C@@H]3c2cccc([N+](=O)[O-])c2)cc1. The Morgan fingerprint density at radius 3 is 2.45 bits per heavy atom. The van der Waals surface area contributed by atoms with Gasteiger partial charge >= 0.3 is 5.97 Å². The fourth-order valence-electron chi connectivity index (χ4n) is 5.56. The highest BCUT2D eigenvalue weighted by molar-refractivity contribution is 6.04. The third-order valence-electron chi connectivity index (χ3n) is 7.52. The lowest BCUT2D eigenvalue weighted by Gasteiger charge is -2.36. The molecule has 0 fully saturated rings. The molecule has 2 aliphatic rings. The van der Waals surface area contributed by atoms with Gasteiger partial charge < -0.3 is 14.8 Å². The maximum Gasteiger partial charge on any atom is 0.336 e. The van der Waals surface area contributed by atoms with Crippen LogP contribution < -0.4 is 10.1 Å². The highest BCUT2D eigenvalue weighted by Crippen LogP contribution is 2.46. The van der Waals surface area contributed by atoms with Crippen LogP contribution in [0.3, 0.4) is 0 Å². The number of Topliss-reactive ketones (excluding diaryl/α,β-unsaturated/α-hetero) is 1. The van der Waals surface area contributed by atoms with Crippen molar-refractivity contribution in [3.8, 4) is 5.75 Å². The molecule has 0 saturated heterocycles.